The van der Waals surface area contributed by atoms with Gasteiger partial charge in [0.25, 0.3) is 0 Å². The lowest BCUT2D eigenvalue weighted by Crippen LogP contribution is -2.70. The number of fused-ring (bicyclic) bond motifs is 7. The molecule has 0 amide bonds. The van der Waals surface area contributed by atoms with Gasteiger partial charge in [0.15, 0.2) is 43.5 Å². The van der Waals surface area contributed by atoms with Crippen LogP contribution in [0, 0.1) is 50.2 Å². The predicted octanol–water partition coefficient (Wildman–Crippen LogP) is -2.82. The van der Waals surface area contributed by atoms with E-state index in [-0.39, 0.29) is 24.2 Å². The van der Waals surface area contributed by atoms with E-state index in [1.165, 1.54) is 20.8 Å². The summed E-state index contributed by atoms with van der Waals surface area (Å²) in [6, 6.07) is 0. The molecule has 0 aromatic carbocycles. The number of aliphatic carboxylic acids is 2. The first-order valence-corrected chi connectivity index (χ1v) is 31.5. The van der Waals surface area contributed by atoms with E-state index in [0.29, 0.717) is 44.9 Å². The highest BCUT2D eigenvalue weighted by molar-refractivity contribution is 5.79. The van der Waals surface area contributed by atoms with E-state index in [9.17, 15) is 91.0 Å². The highest BCUT2D eigenvalue weighted by atomic mass is 16.8. The topological polar surface area (TPSA) is 473 Å². The van der Waals surface area contributed by atoms with Crippen molar-refractivity contribution in [2.75, 3.05) is 19.8 Å². The minimum Gasteiger partial charge on any atom is -0.481 e. The van der Waals surface area contributed by atoms with Gasteiger partial charge in [0.1, 0.15) is 85.0 Å². The van der Waals surface area contributed by atoms with Crippen LogP contribution in [0.4, 0.5) is 0 Å². The van der Waals surface area contributed by atoms with Gasteiger partial charge in [-0.1, -0.05) is 46.3 Å². The fourth-order valence-corrected chi connectivity index (χ4v) is 18.0. The second kappa shape index (κ2) is 25.3. The van der Waals surface area contributed by atoms with Gasteiger partial charge in [0.05, 0.1) is 49.0 Å². The molecule has 0 aromatic rings. The first-order chi connectivity index (χ1) is 42.4. The molecule has 30 heteroatoms. The van der Waals surface area contributed by atoms with Crippen LogP contribution in [0.1, 0.15) is 120 Å². The van der Waals surface area contributed by atoms with Crippen molar-refractivity contribution in [1.29, 1.82) is 0 Å². The Morgan fingerprint density at radius 2 is 1.21 bits per heavy atom. The number of allylic oxidation sites excluding steroid dienone is 2. The average molecular weight is 1310 g/mol. The van der Waals surface area contributed by atoms with E-state index >= 15 is 4.79 Å². The number of ether oxygens (including phenoxy) is 11. The largest absolute Gasteiger partial charge is 0.481 e. The summed E-state index contributed by atoms with van der Waals surface area (Å²) in [5.41, 5.74) is -6.98. The average Bonchev–Trinajstić information content (AvgIpc) is 0.956. The molecule has 5 saturated heterocycles. The first kappa shape index (κ1) is 70.5. The van der Waals surface area contributed by atoms with Crippen LogP contribution in [0.5, 0.6) is 0 Å². The molecule has 0 radical (unpaired) electrons. The van der Waals surface area contributed by atoms with E-state index in [4.69, 9.17) is 52.1 Å². The summed E-state index contributed by atoms with van der Waals surface area (Å²) in [5.74, 6) is -6.09. The summed E-state index contributed by atoms with van der Waals surface area (Å²) in [4.78, 5) is 54.9. The molecule has 15 N–H and O–H groups in total. The first-order valence-electron chi connectivity index (χ1n) is 31.5. The van der Waals surface area contributed by atoms with E-state index in [1.54, 1.807) is 0 Å². The van der Waals surface area contributed by atoms with Crippen molar-refractivity contribution in [2.45, 2.75) is 273 Å². The molecule has 0 spiro atoms. The minimum atomic E-state index is -2.25. The van der Waals surface area contributed by atoms with Gasteiger partial charge in [-0.3, -0.25) is 14.4 Å². The maximum atomic E-state index is 16.0. The lowest BCUT2D eigenvalue weighted by molar-refractivity contribution is -0.386. The Hall–Kier alpha value is -3.26. The predicted molar refractivity (Wildman–Crippen MR) is 300 cm³/mol. The number of hydrogen-bond acceptors (Lipinski definition) is 28. The summed E-state index contributed by atoms with van der Waals surface area (Å²) >= 11 is 0. The Balaban J connectivity index is 0.977. The van der Waals surface area contributed by atoms with Gasteiger partial charge in [-0.25, -0.2) is 4.79 Å². The fourth-order valence-electron chi connectivity index (χ4n) is 18.0. The maximum Gasteiger partial charge on any atom is 0.335 e. The summed E-state index contributed by atoms with van der Waals surface area (Å²) in [7, 11) is 0. The molecule has 9 fully saturated rings. The molecule has 5 aliphatic heterocycles. The van der Waals surface area contributed by atoms with Gasteiger partial charge in [0.2, 0.25) is 6.29 Å². The molecule has 0 bridgehead atoms. The number of hydrogen-bond donors (Lipinski definition) is 15. The number of aliphatic hydroxyl groups is 13. The van der Waals surface area contributed by atoms with Crippen LogP contribution in [0.2, 0.25) is 0 Å². The smallest absolute Gasteiger partial charge is 0.335 e. The summed E-state index contributed by atoms with van der Waals surface area (Å²) in [6.07, 6.45) is -37.7. The molecule has 10 aliphatic rings. The second-order valence-electron chi connectivity index (χ2n) is 29.3. The molecule has 0 aromatic heterocycles. The van der Waals surface area contributed by atoms with Crippen LogP contribution < -0.4 is 0 Å². The number of rotatable bonds is 15. The molecule has 10 rings (SSSR count). The van der Waals surface area contributed by atoms with Crippen LogP contribution in [-0.2, 0) is 71.3 Å². The molecule has 4 saturated carbocycles. The lowest BCUT2D eigenvalue weighted by Gasteiger charge is -2.71. The zero-order valence-corrected chi connectivity index (χ0v) is 52.5. The zero-order chi connectivity index (χ0) is 66.9. The van der Waals surface area contributed by atoms with Crippen LogP contribution in [0.3, 0.4) is 0 Å². The fraction of sp³-hybridized carbons (Fsp3) is 0.902. The number of carboxylic acids is 2. The van der Waals surface area contributed by atoms with Crippen LogP contribution >= 0.6 is 0 Å². The van der Waals surface area contributed by atoms with Crippen molar-refractivity contribution in [3.05, 3.63) is 11.6 Å². The molecule has 2 unspecified atom stereocenters. The van der Waals surface area contributed by atoms with Crippen LogP contribution in [0.15, 0.2) is 11.6 Å². The standard InChI is InChI=1S/C61H94O30/c1-23-32(66)41(86-48-37(71)34(68)33(67)29(20-62)85-48)39(73)50(82-23)89-44-43(88-52-45(74)61(80,21-63)22-81-52)40(84-25(3)64)24(2)83-51(44)91-54(79)60-16-14-55(4,5)18-27(60)26-10-11-30-56(6)19-28(65)46(90-49-38(72)35(69)36(70)42(87-49)47(75)76)59(9,53(77)78)31(56)12-13-58(30,8)57(26,7)15-17-60/h10,23-24,27-46,48-52,62-63,65-74,80H,11-22H2,1-9H3,(H,75,76)(H,77,78)/t23-,24+,27-,28-,29+,30?,31?,32-,33+,34-,35-,36-,37+,38+,39+,40-,41+,42-,43-,44+,45-,46-,48-,49-,50-,51-,52-,56+,57+,58+,59-,60-,61+/m1/s1. The molecule has 91 heavy (non-hydrogen) atoms. The highest BCUT2D eigenvalue weighted by Gasteiger charge is 2.73. The minimum absolute atomic E-state index is 0.00233. The zero-order valence-electron chi connectivity index (χ0n) is 52.5. The quantitative estimate of drug-likeness (QED) is 0.0447. The third-order valence-corrected chi connectivity index (χ3v) is 23.5. The third-order valence-electron chi connectivity index (χ3n) is 23.5. The van der Waals surface area contributed by atoms with Gasteiger partial charge in [-0.05, 0) is 118 Å². The molecular weight excluding hydrogens is 1210 g/mol. The van der Waals surface area contributed by atoms with Crippen molar-refractivity contribution in [3.8, 4) is 0 Å². The summed E-state index contributed by atoms with van der Waals surface area (Å²) in [5, 5.41) is 163. The van der Waals surface area contributed by atoms with Crippen molar-refractivity contribution in [2.24, 2.45) is 50.2 Å². The van der Waals surface area contributed by atoms with Crippen LogP contribution in [-0.4, -0.2) is 273 Å². The summed E-state index contributed by atoms with van der Waals surface area (Å²) in [6.45, 7) is 13.5. The molecular formula is C61H94O30. The molecule has 5 heterocycles. The highest BCUT2D eigenvalue weighted by Crippen LogP contribution is 2.76. The van der Waals surface area contributed by atoms with E-state index in [2.05, 4.69) is 33.8 Å². The van der Waals surface area contributed by atoms with Crippen molar-refractivity contribution >= 4 is 23.9 Å². The molecule has 30 nitrogen and oxygen atoms in total. The monoisotopic (exact) mass is 1310 g/mol. The number of esters is 2. The van der Waals surface area contributed by atoms with E-state index < -0.39 is 236 Å². The van der Waals surface area contributed by atoms with Crippen LogP contribution in [0.25, 0.3) is 0 Å². The lowest BCUT2D eigenvalue weighted by atomic mass is 9.33. The number of carbonyl (C=O) groups is 4. The van der Waals surface area contributed by atoms with Crippen molar-refractivity contribution in [1.82, 2.24) is 0 Å². The van der Waals surface area contributed by atoms with Gasteiger partial charge in [0, 0.05) is 6.92 Å². The van der Waals surface area contributed by atoms with Gasteiger partial charge in [-0.2, -0.15) is 0 Å². The normalized spacial score (nSPS) is 52.9. The summed E-state index contributed by atoms with van der Waals surface area (Å²) < 4.78 is 66.6. The molecule has 518 valence electrons. The molecule has 5 aliphatic carbocycles. The Bertz CT molecular complexity index is 2720. The Labute approximate surface area is 525 Å². The second-order valence-corrected chi connectivity index (χ2v) is 29.3. The van der Waals surface area contributed by atoms with Gasteiger partial charge in [-0.15, -0.1) is 0 Å². The Kier molecular flexibility index (Phi) is 19.6. The SMILES string of the molecule is CC(=O)O[C@H]1[C@@H](O[C@H]2OC[C@@](O)(CO)[C@@H]2O)[C@H](O[C@H]2O[C@H](C)[C@@H](O)[C@H](O[C@H]3O[C@@H](CO)[C@H](O)[C@@H](O)[C@@H]3O)[C@@H]2O)[C@@H](OC(=O)[C@@]23CCC(C)(C)C[C@@H]2C2=CCC4[C@]5(C)C[C@@H](O)[C@@H](O[C@H]6O[C@@H](C(=O)O)[C@H](O)[C@@H](O)[C@@H]6O)[C@](C)(C(=O)O)C5CC[C@]4(C)[C@@]2(C)CC3)O[C@H]1C. The Morgan fingerprint density at radius 3 is 1.82 bits per heavy atom. The number of carbonyl (C=O) groups excluding carboxylic acids is 2. The van der Waals surface area contributed by atoms with E-state index in [1.807, 2.05) is 6.92 Å². The third kappa shape index (κ3) is 11.6. The maximum absolute atomic E-state index is 16.0. The Morgan fingerprint density at radius 1 is 0.604 bits per heavy atom. The molecule has 33 atom stereocenters. The number of carboxylic acid groups (broad SMARTS) is 2. The van der Waals surface area contributed by atoms with E-state index in [0.717, 1.165) is 12.5 Å². The number of aliphatic hydroxyl groups excluding tert-OH is 12. The van der Waals surface area contributed by atoms with Crippen molar-refractivity contribution < 1.29 is 148 Å². The van der Waals surface area contributed by atoms with Crippen molar-refractivity contribution in [3.63, 3.8) is 0 Å². The van der Waals surface area contributed by atoms with Gasteiger partial charge < -0.3 is 129 Å². The van der Waals surface area contributed by atoms with Gasteiger partial charge >= 0.3 is 23.9 Å².